The van der Waals surface area contributed by atoms with E-state index >= 15 is 0 Å². The van der Waals surface area contributed by atoms with Crippen molar-refractivity contribution in [2.24, 2.45) is 38.7 Å². The van der Waals surface area contributed by atoms with Gasteiger partial charge in [0.2, 0.25) is 29.5 Å². The first kappa shape index (κ1) is 50.4. The van der Waals surface area contributed by atoms with E-state index in [1.165, 1.54) is 4.90 Å². The molecule has 20 heteroatoms. The molecule has 0 unspecified atom stereocenters. The summed E-state index contributed by atoms with van der Waals surface area (Å²) < 4.78 is 1.01. The third-order valence-corrected chi connectivity index (χ3v) is 11.2. The average molecular weight is 993 g/mol. The molecule has 1 aliphatic heterocycles. The molecule has 5 amide bonds. The number of carbonyl (C=O) groups is 6. The number of carboxylic acids is 1. The van der Waals surface area contributed by atoms with Crippen LogP contribution in [0.4, 0.5) is 0 Å². The van der Waals surface area contributed by atoms with Crippen molar-refractivity contribution in [1.29, 1.82) is 0 Å². The Kier molecular flexibility index (Phi) is 20.2. The second-order valence-corrected chi connectivity index (χ2v) is 16.7. The first-order chi connectivity index (χ1) is 30.6. The van der Waals surface area contributed by atoms with E-state index in [-0.39, 0.29) is 82.9 Å². The van der Waals surface area contributed by atoms with Crippen LogP contribution in [0.15, 0.2) is 94.9 Å². The smallest absolute Gasteiger partial charge is 0.326 e. The lowest BCUT2D eigenvalue weighted by Crippen LogP contribution is -2.59. The van der Waals surface area contributed by atoms with E-state index in [1.54, 1.807) is 60.7 Å². The lowest BCUT2D eigenvalue weighted by atomic mass is 10.0. The molecule has 1 heterocycles. The Morgan fingerprint density at radius 1 is 0.641 bits per heavy atom. The van der Waals surface area contributed by atoms with Crippen LogP contribution in [0, 0.1) is 3.57 Å². The highest BCUT2D eigenvalue weighted by Crippen LogP contribution is 2.21. The molecule has 1 saturated heterocycles. The second-order valence-electron chi connectivity index (χ2n) is 15.5. The average Bonchev–Trinajstić information content (AvgIpc) is 3.77. The number of carboxylic acid groups (broad SMARTS) is 1. The Balaban J connectivity index is 1.54. The second kappa shape index (κ2) is 25.7. The highest BCUT2D eigenvalue weighted by atomic mass is 125. The van der Waals surface area contributed by atoms with Gasteiger partial charge in [0.1, 0.15) is 30.2 Å². The monoisotopic (exact) mass is 992 g/mol. The maximum Gasteiger partial charge on any atom is 0.326 e. The number of likely N-dealkylation sites (tertiary alicyclic amines) is 1. The van der Waals surface area contributed by atoms with Gasteiger partial charge in [0.15, 0.2) is 11.9 Å². The Morgan fingerprint density at radius 2 is 1.12 bits per heavy atom. The molecule has 4 rings (SSSR count). The molecular formula is C44H59IN12O7. The molecule has 0 bridgehead atoms. The Morgan fingerprint density at radius 3 is 1.67 bits per heavy atom. The van der Waals surface area contributed by atoms with Gasteiger partial charge >= 0.3 is 5.97 Å². The van der Waals surface area contributed by atoms with E-state index < -0.39 is 71.8 Å². The number of guanidine groups is 2. The van der Waals surface area contributed by atoms with Crippen LogP contribution in [0.1, 0.15) is 55.2 Å². The third kappa shape index (κ3) is 16.8. The fourth-order valence-corrected chi connectivity index (χ4v) is 7.56. The van der Waals surface area contributed by atoms with Crippen molar-refractivity contribution in [2.45, 2.75) is 94.0 Å². The zero-order valence-electron chi connectivity index (χ0n) is 35.5. The Hall–Kier alpha value is -6.29. The van der Waals surface area contributed by atoms with Gasteiger partial charge in [-0.15, -0.1) is 0 Å². The molecule has 0 aliphatic carbocycles. The summed E-state index contributed by atoms with van der Waals surface area (Å²) in [7, 11) is 0. The molecule has 3 aromatic rings. The summed E-state index contributed by atoms with van der Waals surface area (Å²) in [5, 5.41) is 21.0. The van der Waals surface area contributed by atoms with Gasteiger partial charge in [-0.25, -0.2) is 4.79 Å². The number of aliphatic carboxylic acids is 1. The summed E-state index contributed by atoms with van der Waals surface area (Å²) >= 11 is 2.17. The number of benzene rings is 3. The molecule has 344 valence electrons. The van der Waals surface area contributed by atoms with Gasteiger partial charge in [-0.2, -0.15) is 0 Å². The highest BCUT2D eigenvalue weighted by Gasteiger charge is 2.40. The van der Waals surface area contributed by atoms with Crippen LogP contribution < -0.4 is 49.9 Å². The number of hydrogen-bond acceptors (Lipinski definition) is 9. The molecule has 0 radical (unpaired) electrons. The van der Waals surface area contributed by atoms with E-state index in [0.717, 1.165) is 9.13 Å². The predicted octanol–water partition coefficient (Wildman–Crippen LogP) is -0.232. The van der Waals surface area contributed by atoms with Gasteiger partial charge in [-0.3, -0.25) is 34.0 Å². The quantitative estimate of drug-likeness (QED) is 0.0241. The predicted molar refractivity (Wildman–Crippen MR) is 251 cm³/mol. The van der Waals surface area contributed by atoms with Crippen LogP contribution >= 0.6 is 22.6 Å². The molecule has 1 aliphatic rings. The number of aliphatic imine (C=N–C) groups is 2. The molecule has 3 aromatic carbocycles. The maximum atomic E-state index is 14.5. The molecule has 1 fully saturated rings. The zero-order chi connectivity index (χ0) is 46.6. The van der Waals surface area contributed by atoms with E-state index in [1.807, 2.05) is 24.3 Å². The van der Waals surface area contributed by atoms with Crippen LogP contribution in [0.2, 0.25) is 0 Å². The SMILES string of the molecule is NC(N)=NCCC[C@H](NC(=O)[C@H](N)Cc1ccc([125I])cc1)C(=O)N[C@@H](CCCN=C(N)N)C(=O)N1CCC[C@H]1C(=O)N[C@@H](Cc1ccccc1)C(=O)N[C@@H](Cc1ccccc1)C(=O)O. The van der Waals surface area contributed by atoms with Crippen molar-refractivity contribution in [1.82, 2.24) is 26.2 Å². The first-order valence-corrected chi connectivity index (χ1v) is 22.1. The number of nitrogens with two attached hydrogens (primary N) is 5. The van der Waals surface area contributed by atoms with Gasteiger partial charge in [0.05, 0.1) is 6.04 Å². The molecule has 0 spiro atoms. The molecule has 15 N–H and O–H groups in total. The number of nitrogens with one attached hydrogen (secondary N) is 4. The van der Waals surface area contributed by atoms with E-state index in [0.29, 0.717) is 17.5 Å². The number of amides is 5. The van der Waals surface area contributed by atoms with Gasteiger partial charge in [-0.1, -0.05) is 72.8 Å². The standard InChI is InChI=1S/C44H59IN12O7/c45-30-19-17-29(18-20-30)24-31(46)37(58)53-32(14-7-21-51-43(47)48)38(59)54-33(15-8-22-52-44(49)50)41(62)57-23-9-16-36(57)40(61)55-34(25-27-10-3-1-4-11-27)39(60)56-35(42(63)64)26-28-12-5-2-6-13-28/h1-6,10-13,17-20,31-36H,7-9,14-16,21-26,46H2,(H,53,58)(H,54,59)(H,55,61)(H,56,60)(H,63,64)(H4,47,48,51)(H4,49,50,52)/t31-,32+,33+,34+,35+,36+/m1/s1/i45-2. The minimum atomic E-state index is -1.29. The lowest BCUT2D eigenvalue weighted by molar-refractivity contribution is -0.143. The van der Waals surface area contributed by atoms with E-state index in [9.17, 15) is 33.9 Å². The lowest BCUT2D eigenvalue weighted by Gasteiger charge is -2.31. The molecule has 19 nitrogen and oxygen atoms in total. The van der Waals surface area contributed by atoms with Crippen molar-refractivity contribution in [2.75, 3.05) is 19.6 Å². The van der Waals surface area contributed by atoms with Crippen molar-refractivity contribution >= 4 is 70.0 Å². The maximum absolute atomic E-state index is 14.5. The van der Waals surface area contributed by atoms with Crippen LogP contribution in [-0.4, -0.2) is 113 Å². The Bertz CT molecular complexity index is 2080. The van der Waals surface area contributed by atoms with Crippen LogP contribution in [-0.2, 0) is 48.0 Å². The summed E-state index contributed by atoms with van der Waals surface area (Å²) in [4.78, 5) is 91.7. The van der Waals surface area contributed by atoms with Gasteiger partial charge < -0.3 is 59.9 Å². The first-order valence-electron chi connectivity index (χ1n) is 21.0. The van der Waals surface area contributed by atoms with Crippen molar-refractivity contribution in [3.05, 3.63) is 105 Å². The zero-order valence-corrected chi connectivity index (χ0v) is 37.7. The van der Waals surface area contributed by atoms with E-state index in [4.69, 9.17) is 28.7 Å². The summed E-state index contributed by atoms with van der Waals surface area (Å²) in [6.07, 6.45) is 1.63. The summed E-state index contributed by atoms with van der Waals surface area (Å²) in [6, 6.07) is 18.4. The normalized spacial score (nSPS) is 15.6. The molecule has 6 atom stereocenters. The summed E-state index contributed by atoms with van der Waals surface area (Å²) in [5.41, 5.74) is 30.6. The number of halogens is 1. The molecule has 0 aromatic heterocycles. The number of rotatable bonds is 24. The van der Waals surface area contributed by atoms with Crippen molar-refractivity contribution < 1.29 is 33.9 Å². The van der Waals surface area contributed by atoms with Crippen molar-refractivity contribution in [3.63, 3.8) is 0 Å². The van der Waals surface area contributed by atoms with Gasteiger partial charge in [-0.05, 0) is 96.4 Å². The van der Waals surface area contributed by atoms with Gasteiger partial charge in [0.25, 0.3) is 0 Å². The molecule has 0 saturated carbocycles. The minimum absolute atomic E-state index is 0.00984. The fourth-order valence-electron chi connectivity index (χ4n) is 7.20. The van der Waals surface area contributed by atoms with E-state index in [2.05, 4.69) is 53.8 Å². The fraction of sp³-hybridized carbons (Fsp3) is 0.409. The molecular weight excluding hydrogens is 933 g/mol. The Labute approximate surface area is 386 Å². The van der Waals surface area contributed by atoms with Crippen molar-refractivity contribution in [3.8, 4) is 0 Å². The number of nitrogens with zero attached hydrogens (tertiary/aromatic N) is 3. The largest absolute Gasteiger partial charge is 0.480 e. The minimum Gasteiger partial charge on any atom is -0.480 e. The van der Waals surface area contributed by atoms with Gasteiger partial charge in [0, 0.05) is 36.0 Å². The molecule has 64 heavy (non-hydrogen) atoms. The highest BCUT2D eigenvalue weighted by molar-refractivity contribution is 14.1. The van der Waals surface area contributed by atoms with Crippen LogP contribution in [0.5, 0.6) is 0 Å². The topological polar surface area (TPSA) is 329 Å². The van der Waals surface area contributed by atoms with Crippen LogP contribution in [0.3, 0.4) is 0 Å². The summed E-state index contributed by atoms with van der Waals surface area (Å²) in [6.45, 7) is 0.461. The number of hydrogen-bond donors (Lipinski definition) is 10. The number of carbonyl (C=O) groups excluding carboxylic acids is 5. The third-order valence-electron chi connectivity index (χ3n) is 10.5. The van der Waals surface area contributed by atoms with Crippen LogP contribution in [0.25, 0.3) is 0 Å². The summed E-state index contributed by atoms with van der Waals surface area (Å²) in [5.74, 6) is -4.73.